The summed E-state index contributed by atoms with van der Waals surface area (Å²) in [6, 6.07) is 13.1. The molecule has 2 amide bonds. The van der Waals surface area contributed by atoms with Crippen molar-refractivity contribution in [3.63, 3.8) is 0 Å². The van der Waals surface area contributed by atoms with Crippen molar-refractivity contribution in [1.29, 1.82) is 0 Å². The van der Waals surface area contributed by atoms with E-state index in [9.17, 15) is 9.59 Å². The van der Waals surface area contributed by atoms with Crippen molar-refractivity contribution in [3.8, 4) is 17.2 Å². The second-order valence-corrected chi connectivity index (χ2v) is 7.90. The predicted molar refractivity (Wildman–Crippen MR) is 119 cm³/mol. The number of carbonyl (C=O) groups is 2. The molecule has 0 fully saturated rings. The van der Waals surface area contributed by atoms with Crippen molar-refractivity contribution in [2.24, 2.45) is 5.10 Å². The van der Waals surface area contributed by atoms with Gasteiger partial charge in [-0.15, -0.1) is 5.10 Å². The van der Waals surface area contributed by atoms with Gasteiger partial charge >= 0.3 is 0 Å². The van der Waals surface area contributed by atoms with Crippen LogP contribution < -0.4 is 19.5 Å². The van der Waals surface area contributed by atoms with Gasteiger partial charge in [0, 0.05) is 19.4 Å². The number of hydrogen-bond donors (Lipinski definition) is 1. The van der Waals surface area contributed by atoms with E-state index >= 15 is 0 Å². The highest BCUT2D eigenvalue weighted by atomic mass is 32.2. The molecule has 0 radical (unpaired) electrons. The van der Waals surface area contributed by atoms with Crippen molar-refractivity contribution in [2.75, 3.05) is 20.3 Å². The van der Waals surface area contributed by atoms with E-state index in [0.717, 1.165) is 22.6 Å². The van der Waals surface area contributed by atoms with Crippen molar-refractivity contribution in [1.82, 2.24) is 10.3 Å². The summed E-state index contributed by atoms with van der Waals surface area (Å²) in [5.74, 6) is 1.64. The zero-order valence-corrected chi connectivity index (χ0v) is 18.7. The van der Waals surface area contributed by atoms with Gasteiger partial charge in [-0.3, -0.25) is 9.59 Å². The molecule has 1 heterocycles. The number of benzene rings is 2. The molecule has 164 valence electrons. The van der Waals surface area contributed by atoms with Gasteiger partial charge in [0.1, 0.15) is 35.8 Å². The fourth-order valence-corrected chi connectivity index (χ4v) is 4.10. The maximum Gasteiger partial charge on any atom is 0.241 e. The lowest BCUT2D eigenvalue weighted by Crippen LogP contribution is -2.25. The first-order valence-electron chi connectivity index (χ1n) is 9.70. The van der Waals surface area contributed by atoms with Crippen molar-refractivity contribution in [2.45, 2.75) is 26.1 Å². The Morgan fingerprint density at radius 3 is 2.39 bits per heavy atom. The third-order valence-corrected chi connectivity index (χ3v) is 5.43. The number of rotatable bonds is 7. The number of aryl methyl sites for hydroxylation is 1. The largest absolute Gasteiger partial charge is 0.497 e. The number of nitrogens with one attached hydrogen (secondary N) is 1. The van der Waals surface area contributed by atoms with Gasteiger partial charge < -0.3 is 19.5 Å². The number of amides is 2. The van der Waals surface area contributed by atoms with E-state index in [2.05, 4.69) is 10.4 Å². The number of hydrazone groups is 1. The van der Waals surface area contributed by atoms with Gasteiger partial charge in [-0.2, -0.15) is 0 Å². The zero-order valence-electron chi connectivity index (χ0n) is 17.9. The van der Waals surface area contributed by atoms with Crippen molar-refractivity contribution >= 4 is 28.7 Å². The summed E-state index contributed by atoms with van der Waals surface area (Å²) in [5.41, 5.74) is 1.82. The first-order chi connectivity index (χ1) is 14.9. The molecule has 1 N–H and O–H groups in total. The van der Waals surface area contributed by atoms with Crippen LogP contribution in [0.3, 0.4) is 0 Å². The molecule has 0 aliphatic carbocycles. The van der Waals surface area contributed by atoms with Crippen LogP contribution in [0.4, 0.5) is 0 Å². The highest BCUT2D eigenvalue weighted by Crippen LogP contribution is 2.42. The normalized spacial score (nSPS) is 15.3. The molecule has 0 unspecified atom stereocenters. The summed E-state index contributed by atoms with van der Waals surface area (Å²) < 4.78 is 16.8. The Morgan fingerprint density at radius 1 is 1.06 bits per heavy atom. The second-order valence-electron chi connectivity index (χ2n) is 6.83. The smallest absolute Gasteiger partial charge is 0.241 e. The Bertz CT molecular complexity index is 978. The SMILES string of the molecule is COc1ccc(OCCOc2ccc(C)cc2[C@H]2SC(NC(C)=O)=NN2C(C)=O)cc1. The number of hydrogen-bond acceptors (Lipinski definition) is 7. The summed E-state index contributed by atoms with van der Waals surface area (Å²) in [6.45, 7) is 5.47. The van der Waals surface area contributed by atoms with Gasteiger partial charge in [0.25, 0.3) is 0 Å². The van der Waals surface area contributed by atoms with Crippen LogP contribution in [0.25, 0.3) is 0 Å². The van der Waals surface area contributed by atoms with Crippen LogP contribution in [0.2, 0.25) is 0 Å². The fraction of sp³-hybridized carbons (Fsp3) is 0.318. The Balaban J connectivity index is 1.68. The lowest BCUT2D eigenvalue weighted by atomic mass is 10.1. The second kappa shape index (κ2) is 10.2. The van der Waals surface area contributed by atoms with E-state index in [4.69, 9.17) is 14.2 Å². The molecule has 2 aromatic rings. The number of carbonyl (C=O) groups excluding carboxylic acids is 2. The van der Waals surface area contributed by atoms with Gasteiger partial charge in [0.2, 0.25) is 11.8 Å². The summed E-state index contributed by atoms with van der Waals surface area (Å²) >= 11 is 1.29. The van der Waals surface area contributed by atoms with Crippen LogP contribution >= 0.6 is 11.8 Å². The minimum absolute atomic E-state index is 0.229. The molecule has 8 nitrogen and oxygen atoms in total. The lowest BCUT2D eigenvalue weighted by Gasteiger charge is -2.22. The highest BCUT2D eigenvalue weighted by molar-refractivity contribution is 8.14. The van der Waals surface area contributed by atoms with Gasteiger partial charge in [0.15, 0.2) is 5.17 Å². The minimum atomic E-state index is -0.434. The molecule has 0 saturated heterocycles. The molecule has 0 spiro atoms. The fourth-order valence-electron chi connectivity index (χ4n) is 2.94. The standard InChI is InChI=1S/C22H25N3O5S/c1-14-5-10-20(30-12-11-29-18-8-6-17(28-4)7-9-18)19(13-14)21-25(16(3)27)24-22(31-21)23-15(2)26/h5-10,13,21H,11-12H2,1-4H3,(H,23,24,26)/t21-/m1/s1. The van der Waals surface area contributed by atoms with E-state index in [-0.39, 0.29) is 11.8 Å². The molecular weight excluding hydrogens is 418 g/mol. The molecule has 1 aliphatic rings. The van der Waals surface area contributed by atoms with E-state index in [0.29, 0.717) is 24.1 Å². The summed E-state index contributed by atoms with van der Waals surface area (Å²) in [6.07, 6.45) is 0. The molecule has 2 aromatic carbocycles. The molecule has 0 aromatic heterocycles. The highest BCUT2D eigenvalue weighted by Gasteiger charge is 2.34. The first kappa shape index (κ1) is 22.5. The van der Waals surface area contributed by atoms with Crippen LogP contribution in [0.15, 0.2) is 47.6 Å². The monoisotopic (exact) mass is 443 g/mol. The van der Waals surface area contributed by atoms with Crippen LogP contribution in [0, 0.1) is 6.92 Å². The first-order valence-corrected chi connectivity index (χ1v) is 10.6. The summed E-state index contributed by atoms with van der Waals surface area (Å²) in [4.78, 5) is 23.6. The van der Waals surface area contributed by atoms with E-state index in [1.807, 2.05) is 49.4 Å². The van der Waals surface area contributed by atoms with Crippen LogP contribution in [-0.2, 0) is 9.59 Å². The maximum atomic E-state index is 12.1. The molecule has 9 heteroatoms. The van der Waals surface area contributed by atoms with Crippen molar-refractivity contribution in [3.05, 3.63) is 53.6 Å². The molecule has 0 saturated carbocycles. The summed E-state index contributed by atoms with van der Waals surface area (Å²) in [5, 5.41) is 8.19. The molecular formula is C22H25N3O5S. The Hall–Kier alpha value is -3.20. The van der Waals surface area contributed by atoms with E-state index in [1.54, 1.807) is 7.11 Å². The molecule has 31 heavy (non-hydrogen) atoms. The topological polar surface area (TPSA) is 89.5 Å². The predicted octanol–water partition coefficient (Wildman–Crippen LogP) is 3.46. The number of amidine groups is 1. The molecule has 3 rings (SSSR count). The molecule has 0 bridgehead atoms. The maximum absolute atomic E-state index is 12.1. The average Bonchev–Trinajstić information content (AvgIpc) is 3.15. The number of methoxy groups -OCH3 is 1. The Kier molecular flexibility index (Phi) is 7.41. The third-order valence-electron chi connectivity index (χ3n) is 4.35. The van der Waals surface area contributed by atoms with Gasteiger partial charge in [-0.1, -0.05) is 23.4 Å². The Morgan fingerprint density at radius 2 is 1.74 bits per heavy atom. The van der Waals surface area contributed by atoms with Crippen molar-refractivity contribution < 1.29 is 23.8 Å². The number of ether oxygens (including phenoxy) is 3. The van der Waals surface area contributed by atoms with Crippen LogP contribution in [-0.4, -0.2) is 42.3 Å². The van der Waals surface area contributed by atoms with Gasteiger partial charge in [-0.25, -0.2) is 5.01 Å². The van der Waals surface area contributed by atoms with Crippen LogP contribution in [0.5, 0.6) is 17.2 Å². The van der Waals surface area contributed by atoms with Crippen LogP contribution in [0.1, 0.15) is 30.3 Å². The third kappa shape index (κ3) is 5.91. The van der Waals surface area contributed by atoms with E-state index in [1.165, 1.54) is 30.6 Å². The molecule has 1 aliphatic heterocycles. The quantitative estimate of drug-likeness (QED) is 0.659. The number of nitrogens with zero attached hydrogens (tertiary/aromatic N) is 2. The minimum Gasteiger partial charge on any atom is -0.497 e. The zero-order chi connectivity index (χ0) is 22.4. The number of thioether (sulfide) groups is 1. The average molecular weight is 444 g/mol. The van der Waals surface area contributed by atoms with Gasteiger partial charge in [-0.05, 0) is 43.3 Å². The van der Waals surface area contributed by atoms with Gasteiger partial charge in [0.05, 0.1) is 7.11 Å². The summed E-state index contributed by atoms with van der Waals surface area (Å²) in [7, 11) is 1.61. The Labute approximate surface area is 185 Å². The van der Waals surface area contributed by atoms with E-state index < -0.39 is 5.37 Å². The molecule has 1 atom stereocenters. The lowest BCUT2D eigenvalue weighted by molar-refractivity contribution is -0.129.